The molecule has 2 atom stereocenters. The number of rotatable bonds is 12. The minimum Gasteiger partial charge on any atom is -0.379 e. The van der Waals surface area contributed by atoms with Crippen molar-refractivity contribution in [1.29, 1.82) is 0 Å². The summed E-state index contributed by atoms with van der Waals surface area (Å²) < 4.78 is 0. The SMILES string of the molecule is CCN(C)/C=C(/N=CC(C)N[C@@H](C)c1cc(NC(=O)Cc2ccc(C)c(N3CCN(C)CC3)c2)ccc1C)C(C)C. The smallest absolute Gasteiger partial charge is 0.228 e. The van der Waals surface area contributed by atoms with E-state index in [4.69, 9.17) is 4.99 Å². The van der Waals surface area contributed by atoms with E-state index in [-0.39, 0.29) is 18.0 Å². The number of hydrogen-bond donors (Lipinski definition) is 2. The molecule has 41 heavy (non-hydrogen) atoms. The standard InChI is InChI=1S/C34H52N6O/c1-10-38(8)23-32(24(2)3)35-22-27(6)36-28(7)31-21-30(14-12-25(31)4)37-34(41)20-29-13-11-26(5)33(19-29)40-17-15-39(9)16-18-40/h11-14,19,21-24,27-28,36H,10,15-18,20H2,1-9H3,(H,37,41)/b32-23+,35-22?/t27?,28-/m0/s1. The average molecular weight is 561 g/mol. The van der Waals surface area contributed by atoms with Gasteiger partial charge in [-0.2, -0.15) is 0 Å². The van der Waals surface area contributed by atoms with Gasteiger partial charge in [0.05, 0.1) is 12.1 Å². The highest BCUT2D eigenvalue weighted by atomic mass is 16.1. The largest absolute Gasteiger partial charge is 0.379 e. The Bertz CT molecular complexity index is 1210. The van der Waals surface area contributed by atoms with Crippen LogP contribution in [0.25, 0.3) is 0 Å². The molecule has 0 saturated carbocycles. The summed E-state index contributed by atoms with van der Waals surface area (Å²) in [6, 6.07) is 12.8. The number of nitrogens with zero attached hydrogens (tertiary/aromatic N) is 4. The first-order valence-corrected chi connectivity index (χ1v) is 15.1. The zero-order valence-electron chi connectivity index (χ0n) is 26.8. The van der Waals surface area contributed by atoms with Gasteiger partial charge in [0.25, 0.3) is 0 Å². The van der Waals surface area contributed by atoms with Gasteiger partial charge in [-0.3, -0.25) is 9.79 Å². The molecule has 1 amide bonds. The molecule has 0 aromatic heterocycles. The molecule has 7 nitrogen and oxygen atoms in total. The van der Waals surface area contributed by atoms with Gasteiger partial charge in [0.2, 0.25) is 5.91 Å². The third kappa shape index (κ3) is 9.72. The van der Waals surface area contributed by atoms with Gasteiger partial charge in [0.15, 0.2) is 0 Å². The third-order valence-electron chi connectivity index (χ3n) is 7.91. The second-order valence-corrected chi connectivity index (χ2v) is 11.9. The van der Waals surface area contributed by atoms with Crippen LogP contribution in [0.2, 0.25) is 0 Å². The van der Waals surface area contributed by atoms with Crippen molar-refractivity contribution >= 4 is 23.5 Å². The van der Waals surface area contributed by atoms with Gasteiger partial charge in [0, 0.05) is 75.6 Å². The molecule has 1 saturated heterocycles. The molecule has 7 heteroatoms. The van der Waals surface area contributed by atoms with Crippen molar-refractivity contribution in [3.8, 4) is 0 Å². The topological polar surface area (TPSA) is 63.2 Å². The normalized spacial score (nSPS) is 16.3. The van der Waals surface area contributed by atoms with Crippen LogP contribution in [0, 0.1) is 19.8 Å². The molecule has 2 N–H and O–H groups in total. The number of aryl methyl sites for hydroxylation is 2. The molecule has 1 aliphatic heterocycles. The van der Waals surface area contributed by atoms with Gasteiger partial charge in [-0.05, 0) is 88.0 Å². The maximum atomic E-state index is 13.1. The van der Waals surface area contributed by atoms with Gasteiger partial charge >= 0.3 is 0 Å². The van der Waals surface area contributed by atoms with E-state index in [9.17, 15) is 4.79 Å². The van der Waals surface area contributed by atoms with Gasteiger partial charge in [-0.25, -0.2) is 0 Å². The summed E-state index contributed by atoms with van der Waals surface area (Å²) in [4.78, 5) is 24.8. The highest BCUT2D eigenvalue weighted by Crippen LogP contribution is 2.25. The minimum absolute atomic E-state index is 0.000790. The number of aliphatic imine (C=N–C) groups is 1. The summed E-state index contributed by atoms with van der Waals surface area (Å²) in [6.07, 6.45) is 4.46. The second kappa shape index (κ2) is 15.2. The number of likely N-dealkylation sites (N-methyl/N-ethyl adjacent to an activating group) is 1. The van der Waals surface area contributed by atoms with Gasteiger partial charge in [0.1, 0.15) is 0 Å². The first kappa shape index (κ1) is 32.4. The Morgan fingerprint density at radius 1 is 1.02 bits per heavy atom. The Morgan fingerprint density at radius 3 is 2.37 bits per heavy atom. The number of carbonyl (C=O) groups excluding carboxylic acids is 1. The van der Waals surface area contributed by atoms with Crippen LogP contribution in [0.5, 0.6) is 0 Å². The van der Waals surface area contributed by atoms with Gasteiger partial charge in [-0.15, -0.1) is 0 Å². The van der Waals surface area contributed by atoms with E-state index in [1.54, 1.807) is 0 Å². The molecule has 2 aromatic carbocycles. The van der Waals surface area contributed by atoms with E-state index < -0.39 is 0 Å². The molecule has 0 aliphatic carbocycles. The number of anilines is 2. The Kier molecular flexibility index (Phi) is 12.0. The lowest BCUT2D eigenvalue weighted by Gasteiger charge is -2.35. The van der Waals surface area contributed by atoms with Crippen molar-refractivity contribution in [2.24, 2.45) is 10.9 Å². The van der Waals surface area contributed by atoms with Crippen molar-refractivity contribution < 1.29 is 4.79 Å². The van der Waals surface area contributed by atoms with Crippen LogP contribution in [0.4, 0.5) is 11.4 Å². The van der Waals surface area contributed by atoms with E-state index in [0.29, 0.717) is 12.3 Å². The van der Waals surface area contributed by atoms with E-state index in [0.717, 1.165) is 49.7 Å². The van der Waals surface area contributed by atoms with E-state index in [2.05, 4.69) is 124 Å². The number of piperazine rings is 1. The lowest BCUT2D eigenvalue weighted by atomic mass is 10.0. The van der Waals surface area contributed by atoms with Crippen LogP contribution in [-0.2, 0) is 11.2 Å². The van der Waals surface area contributed by atoms with Crippen LogP contribution in [-0.4, -0.2) is 74.8 Å². The van der Waals surface area contributed by atoms with Crippen molar-refractivity contribution in [2.45, 2.75) is 67.0 Å². The van der Waals surface area contributed by atoms with Crippen molar-refractivity contribution in [3.05, 3.63) is 70.5 Å². The molecule has 1 aliphatic rings. The molecular weight excluding hydrogens is 508 g/mol. The zero-order chi connectivity index (χ0) is 30.1. The number of amides is 1. The summed E-state index contributed by atoms with van der Waals surface area (Å²) in [5, 5.41) is 6.79. The molecule has 0 bridgehead atoms. The maximum absolute atomic E-state index is 13.1. The number of benzene rings is 2. The summed E-state index contributed by atoms with van der Waals surface area (Å²) >= 11 is 0. The number of allylic oxidation sites excluding steroid dienone is 1. The summed E-state index contributed by atoms with van der Waals surface area (Å²) in [5.74, 6) is 0.352. The van der Waals surface area contributed by atoms with Crippen molar-refractivity contribution in [2.75, 3.05) is 57.0 Å². The first-order valence-electron chi connectivity index (χ1n) is 15.1. The number of nitrogens with one attached hydrogen (secondary N) is 2. The molecule has 0 spiro atoms. The third-order valence-corrected chi connectivity index (χ3v) is 7.91. The predicted octanol–water partition coefficient (Wildman–Crippen LogP) is 5.80. The van der Waals surface area contributed by atoms with Crippen molar-refractivity contribution in [1.82, 2.24) is 15.1 Å². The summed E-state index contributed by atoms with van der Waals surface area (Å²) in [5.41, 5.74) is 7.79. The Labute approximate surface area is 248 Å². The second-order valence-electron chi connectivity index (χ2n) is 11.9. The van der Waals surface area contributed by atoms with Crippen LogP contribution in [0.1, 0.15) is 62.9 Å². The molecular formula is C34H52N6O. The average Bonchev–Trinajstić information content (AvgIpc) is 2.93. The van der Waals surface area contributed by atoms with E-state index >= 15 is 0 Å². The van der Waals surface area contributed by atoms with Crippen LogP contribution in [0.15, 0.2) is 53.3 Å². The molecule has 224 valence electrons. The lowest BCUT2D eigenvalue weighted by Crippen LogP contribution is -2.44. The highest BCUT2D eigenvalue weighted by Gasteiger charge is 2.17. The molecule has 0 radical (unpaired) electrons. The fourth-order valence-electron chi connectivity index (χ4n) is 5.10. The maximum Gasteiger partial charge on any atom is 0.228 e. The van der Waals surface area contributed by atoms with Crippen LogP contribution in [0.3, 0.4) is 0 Å². The molecule has 3 rings (SSSR count). The Morgan fingerprint density at radius 2 is 1.71 bits per heavy atom. The quantitative estimate of drug-likeness (QED) is 0.322. The predicted molar refractivity (Wildman–Crippen MR) is 175 cm³/mol. The van der Waals surface area contributed by atoms with E-state index in [1.165, 1.54) is 22.4 Å². The van der Waals surface area contributed by atoms with E-state index in [1.807, 2.05) is 12.3 Å². The fourth-order valence-corrected chi connectivity index (χ4v) is 5.10. The first-order chi connectivity index (χ1) is 19.5. The number of carbonyl (C=O) groups is 1. The Hall–Kier alpha value is -3.16. The van der Waals surface area contributed by atoms with Gasteiger partial charge in [-0.1, -0.05) is 32.0 Å². The molecule has 1 unspecified atom stereocenters. The van der Waals surface area contributed by atoms with Crippen LogP contribution >= 0.6 is 0 Å². The monoisotopic (exact) mass is 560 g/mol. The summed E-state index contributed by atoms with van der Waals surface area (Å²) in [6.45, 7) is 20.1. The highest BCUT2D eigenvalue weighted by molar-refractivity contribution is 5.92. The van der Waals surface area contributed by atoms with Gasteiger partial charge < -0.3 is 25.3 Å². The zero-order valence-corrected chi connectivity index (χ0v) is 26.8. The lowest BCUT2D eigenvalue weighted by molar-refractivity contribution is -0.115. The molecule has 1 fully saturated rings. The fraction of sp³-hybridized carbons (Fsp3) is 0.529. The summed E-state index contributed by atoms with van der Waals surface area (Å²) in [7, 11) is 4.24. The Balaban J connectivity index is 1.64. The molecule has 2 aromatic rings. The number of hydrogen-bond acceptors (Lipinski definition) is 6. The minimum atomic E-state index is -0.000790. The van der Waals surface area contributed by atoms with Crippen LogP contribution < -0.4 is 15.5 Å². The molecule has 1 heterocycles. The van der Waals surface area contributed by atoms with Crippen molar-refractivity contribution in [3.63, 3.8) is 0 Å².